The average molecular weight is 385 g/mol. The van der Waals surface area contributed by atoms with E-state index in [9.17, 15) is 4.79 Å². The topological polar surface area (TPSA) is 64.4 Å². The number of aryl methyl sites for hydroxylation is 1. The van der Waals surface area contributed by atoms with E-state index in [0.29, 0.717) is 22.1 Å². The normalized spacial score (nSPS) is 11.8. The maximum Gasteiger partial charge on any atom is 0.274 e. The number of carbonyl (C=O) groups is 1. The van der Waals surface area contributed by atoms with Crippen molar-refractivity contribution in [3.63, 3.8) is 0 Å². The van der Waals surface area contributed by atoms with Crippen LogP contribution >= 0.6 is 11.6 Å². The highest BCUT2D eigenvalue weighted by molar-refractivity contribution is 6.30. The zero-order valence-electron chi connectivity index (χ0n) is 15.2. The third kappa shape index (κ3) is 4.68. The molecule has 3 aromatic rings. The highest BCUT2D eigenvalue weighted by Gasteiger charge is 2.23. The minimum atomic E-state index is -0.280. The van der Waals surface area contributed by atoms with E-state index in [4.69, 9.17) is 20.9 Å². The van der Waals surface area contributed by atoms with Crippen molar-refractivity contribution < 1.29 is 14.1 Å². The van der Waals surface area contributed by atoms with Crippen LogP contribution < -0.4 is 10.1 Å². The van der Waals surface area contributed by atoms with E-state index in [1.54, 1.807) is 31.2 Å². The Morgan fingerprint density at radius 2 is 1.89 bits per heavy atom. The van der Waals surface area contributed by atoms with Crippen molar-refractivity contribution in [3.05, 3.63) is 82.2 Å². The molecule has 140 valence electrons. The van der Waals surface area contributed by atoms with E-state index in [-0.39, 0.29) is 24.2 Å². The number of carbonyl (C=O) groups excluding carboxylic acids is 1. The fourth-order valence-corrected chi connectivity index (χ4v) is 2.88. The summed E-state index contributed by atoms with van der Waals surface area (Å²) in [4.78, 5) is 12.8. The first kappa shape index (κ1) is 19.0. The summed E-state index contributed by atoms with van der Waals surface area (Å²) in [5.41, 5.74) is 1.92. The van der Waals surface area contributed by atoms with Crippen LogP contribution in [-0.4, -0.2) is 11.1 Å². The Hall–Kier alpha value is -2.79. The first-order valence-corrected chi connectivity index (χ1v) is 9.15. The number of aromatic nitrogens is 1. The molecule has 2 aromatic carbocycles. The molecule has 1 heterocycles. The summed E-state index contributed by atoms with van der Waals surface area (Å²) >= 11 is 5.88. The third-order valence-corrected chi connectivity index (χ3v) is 4.56. The fourth-order valence-electron chi connectivity index (χ4n) is 2.76. The molecule has 0 spiro atoms. The number of hydrogen-bond donors (Lipinski definition) is 1. The van der Waals surface area contributed by atoms with Crippen molar-refractivity contribution in [2.45, 2.75) is 32.9 Å². The van der Waals surface area contributed by atoms with E-state index in [1.165, 1.54) is 0 Å². The lowest BCUT2D eigenvalue weighted by molar-refractivity contribution is 0.0924. The maximum absolute atomic E-state index is 12.8. The lowest BCUT2D eigenvalue weighted by atomic mass is 10.0. The fraction of sp³-hybridized carbons (Fsp3) is 0.238. The molecular weight excluding hydrogens is 364 g/mol. The predicted octanol–water partition coefficient (Wildman–Crippen LogP) is 5.10. The molecular formula is C21H21ClN2O3. The smallest absolute Gasteiger partial charge is 0.274 e. The van der Waals surface area contributed by atoms with E-state index in [0.717, 1.165) is 12.0 Å². The van der Waals surface area contributed by atoms with Gasteiger partial charge in [0.2, 0.25) is 0 Å². The second-order valence-corrected chi connectivity index (χ2v) is 6.59. The summed E-state index contributed by atoms with van der Waals surface area (Å²) in [7, 11) is 0. The summed E-state index contributed by atoms with van der Waals surface area (Å²) in [5, 5.41) is 7.59. The van der Waals surface area contributed by atoms with Gasteiger partial charge in [0, 0.05) is 5.02 Å². The highest BCUT2D eigenvalue weighted by atomic mass is 35.5. The summed E-state index contributed by atoms with van der Waals surface area (Å²) < 4.78 is 11.0. The largest absolute Gasteiger partial charge is 0.489 e. The van der Waals surface area contributed by atoms with Gasteiger partial charge in [-0.1, -0.05) is 54.0 Å². The second kappa shape index (κ2) is 8.73. The van der Waals surface area contributed by atoms with Gasteiger partial charge in [0.05, 0.1) is 11.6 Å². The van der Waals surface area contributed by atoms with Gasteiger partial charge in [-0.3, -0.25) is 4.79 Å². The number of amides is 1. The van der Waals surface area contributed by atoms with E-state index >= 15 is 0 Å². The summed E-state index contributed by atoms with van der Waals surface area (Å²) in [5.74, 6) is 0.932. The van der Waals surface area contributed by atoms with Gasteiger partial charge >= 0.3 is 0 Å². The number of benzene rings is 2. The van der Waals surface area contributed by atoms with E-state index in [2.05, 4.69) is 10.5 Å². The van der Waals surface area contributed by atoms with Gasteiger partial charge in [0.25, 0.3) is 5.91 Å². The van der Waals surface area contributed by atoms with Crippen LogP contribution in [0.15, 0.2) is 59.1 Å². The molecule has 0 saturated heterocycles. The molecule has 0 bridgehead atoms. The van der Waals surface area contributed by atoms with Crippen LogP contribution in [0.2, 0.25) is 5.02 Å². The van der Waals surface area contributed by atoms with Gasteiger partial charge in [0.15, 0.2) is 5.69 Å². The van der Waals surface area contributed by atoms with E-state index in [1.807, 2.05) is 37.3 Å². The molecule has 27 heavy (non-hydrogen) atoms. The van der Waals surface area contributed by atoms with E-state index < -0.39 is 0 Å². The quantitative estimate of drug-likeness (QED) is 0.615. The van der Waals surface area contributed by atoms with Gasteiger partial charge in [-0.05, 0) is 43.2 Å². The molecule has 3 rings (SSSR count). The molecule has 0 aliphatic carbocycles. The minimum absolute atomic E-state index is 0.0965. The maximum atomic E-state index is 12.8. The number of halogens is 1. The Balaban J connectivity index is 1.72. The lowest BCUT2D eigenvalue weighted by Crippen LogP contribution is -2.29. The van der Waals surface area contributed by atoms with Gasteiger partial charge in [-0.15, -0.1) is 0 Å². The first-order chi connectivity index (χ1) is 13.1. The predicted molar refractivity (Wildman–Crippen MR) is 104 cm³/mol. The average Bonchev–Trinajstić information content (AvgIpc) is 3.07. The van der Waals surface area contributed by atoms with Crippen molar-refractivity contribution in [2.24, 2.45) is 0 Å². The van der Waals surface area contributed by atoms with Crippen LogP contribution in [0.25, 0.3) is 0 Å². The van der Waals surface area contributed by atoms with Crippen LogP contribution in [-0.2, 0) is 6.61 Å². The number of hydrogen-bond acceptors (Lipinski definition) is 4. The van der Waals surface area contributed by atoms with Gasteiger partial charge in [-0.2, -0.15) is 0 Å². The standard InChI is InChI=1S/C21H21ClN2O3/c1-3-19(15-7-5-4-6-8-15)23-21(25)20-18(14(2)27-24-20)13-26-17-11-9-16(22)10-12-17/h4-12,19H,3,13H2,1-2H3,(H,23,25). The monoisotopic (exact) mass is 384 g/mol. The Kier molecular flexibility index (Phi) is 6.14. The van der Waals surface area contributed by atoms with Crippen molar-refractivity contribution >= 4 is 17.5 Å². The van der Waals surface area contributed by atoms with Crippen LogP contribution in [0.3, 0.4) is 0 Å². The Bertz CT molecular complexity index is 892. The first-order valence-electron chi connectivity index (χ1n) is 8.77. The summed E-state index contributed by atoms with van der Waals surface area (Å²) in [6.07, 6.45) is 0.767. The summed E-state index contributed by atoms with van der Waals surface area (Å²) in [6.45, 7) is 3.97. The molecule has 5 nitrogen and oxygen atoms in total. The molecule has 0 radical (unpaired) electrons. The molecule has 1 aromatic heterocycles. The van der Waals surface area contributed by atoms with Crippen molar-refractivity contribution in [2.75, 3.05) is 0 Å². The van der Waals surface area contributed by atoms with Gasteiger partial charge < -0.3 is 14.6 Å². The number of nitrogens with one attached hydrogen (secondary N) is 1. The molecule has 6 heteroatoms. The van der Waals surface area contributed by atoms with Gasteiger partial charge in [0.1, 0.15) is 18.1 Å². The number of nitrogens with zero attached hydrogens (tertiary/aromatic N) is 1. The van der Waals surface area contributed by atoms with Crippen molar-refractivity contribution in [1.82, 2.24) is 10.5 Å². The van der Waals surface area contributed by atoms with Crippen LogP contribution in [0, 0.1) is 6.92 Å². The van der Waals surface area contributed by atoms with Crippen molar-refractivity contribution in [1.29, 1.82) is 0 Å². The zero-order chi connectivity index (χ0) is 19.2. The second-order valence-electron chi connectivity index (χ2n) is 6.15. The minimum Gasteiger partial charge on any atom is -0.489 e. The van der Waals surface area contributed by atoms with Crippen LogP contribution in [0.5, 0.6) is 5.75 Å². The highest BCUT2D eigenvalue weighted by Crippen LogP contribution is 2.21. The molecule has 0 fully saturated rings. The number of ether oxygens (including phenoxy) is 1. The Morgan fingerprint density at radius 1 is 1.19 bits per heavy atom. The lowest BCUT2D eigenvalue weighted by Gasteiger charge is -2.17. The summed E-state index contributed by atoms with van der Waals surface area (Å²) in [6, 6.07) is 16.8. The molecule has 1 amide bonds. The van der Waals surface area contributed by atoms with Crippen LogP contribution in [0.1, 0.15) is 46.8 Å². The number of rotatable bonds is 7. The molecule has 1 atom stereocenters. The molecule has 0 aliphatic heterocycles. The Labute approximate surface area is 163 Å². The molecule has 0 aliphatic rings. The Morgan fingerprint density at radius 3 is 2.56 bits per heavy atom. The molecule has 0 saturated carbocycles. The molecule has 1 unspecified atom stereocenters. The van der Waals surface area contributed by atoms with Crippen molar-refractivity contribution in [3.8, 4) is 5.75 Å². The van der Waals surface area contributed by atoms with Crippen LogP contribution in [0.4, 0.5) is 0 Å². The zero-order valence-corrected chi connectivity index (χ0v) is 16.0. The van der Waals surface area contributed by atoms with Gasteiger partial charge in [-0.25, -0.2) is 0 Å². The molecule has 1 N–H and O–H groups in total. The third-order valence-electron chi connectivity index (χ3n) is 4.31. The SMILES string of the molecule is CCC(NC(=O)c1noc(C)c1COc1ccc(Cl)cc1)c1ccccc1.